The average molecular weight is 269 g/mol. The predicted molar refractivity (Wildman–Crippen MR) is 76.3 cm³/mol. The van der Waals surface area contributed by atoms with E-state index < -0.39 is 0 Å². The molecule has 1 heterocycles. The van der Waals surface area contributed by atoms with Crippen LogP contribution in [0.3, 0.4) is 0 Å². The van der Waals surface area contributed by atoms with Gasteiger partial charge in [0.15, 0.2) is 0 Å². The number of halogens is 1. The van der Waals surface area contributed by atoms with Crippen molar-refractivity contribution in [3.05, 3.63) is 70.1 Å². The molecule has 0 saturated heterocycles. The minimum atomic E-state index is -0.380. The summed E-state index contributed by atoms with van der Waals surface area (Å²) in [5, 5.41) is 1.31. The molecule has 0 unspecified atom stereocenters. The number of fused-ring (bicyclic) bond motifs is 1. The summed E-state index contributed by atoms with van der Waals surface area (Å²) in [7, 11) is 0. The summed E-state index contributed by atoms with van der Waals surface area (Å²) in [4.78, 5) is 20.5. The number of rotatable bonds is 1. The monoisotopic (exact) mass is 268 g/mol. The van der Waals surface area contributed by atoms with Crippen molar-refractivity contribution in [2.45, 2.75) is 0 Å². The molecule has 92 valence electrons. The largest absolute Gasteiger partial charge is 0.296 e. The fourth-order valence-corrected chi connectivity index (χ4v) is 2.11. The van der Waals surface area contributed by atoms with Gasteiger partial charge in [-0.25, -0.2) is 9.97 Å². The molecule has 0 fully saturated rings. The van der Waals surface area contributed by atoms with Gasteiger partial charge in [-0.05, 0) is 12.1 Å². The molecule has 3 nitrogen and oxygen atoms in total. The van der Waals surface area contributed by atoms with Crippen molar-refractivity contribution in [1.29, 1.82) is 0 Å². The Balaban J connectivity index is 2.35. The molecule has 2 aromatic carbocycles. The van der Waals surface area contributed by atoms with E-state index in [1.807, 2.05) is 30.3 Å². The van der Waals surface area contributed by atoms with Crippen LogP contribution in [0.1, 0.15) is 0 Å². The zero-order valence-electron chi connectivity index (χ0n) is 9.88. The Morgan fingerprint density at radius 1 is 0.947 bits per heavy atom. The normalized spacial score (nSPS) is 10.6. The first-order chi connectivity index (χ1) is 9.25. The van der Waals surface area contributed by atoms with Gasteiger partial charge in [0.25, 0.3) is 5.56 Å². The number of nitrogens with zero attached hydrogens (tertiary/aromatic N) is 2. The summed E-state index contributed by atoms with van der Waals surface area (Å²) in [6, 6.07) is 14.5. The van der Waals surface area contributed by atoms with Crippen LogP contribution in [0.25, 0.3) is 22.2 Å². The van der Waals surface area contributed by atoms with Crippen molar-refractivity contribution in [2.24, 2.45) is 0 Å². The molecular weight excluding hydrogens is 260 g/mol. The van der Waals surface area contributed by atoms with E-state index in [9.17, 15) is 4.79 Å². The third-order valence-electron chi connectivity index (χ3n) is 2.82. The highest BCUT2D eigenvalue weighted by molar-refractivity contribution is 6.33. The number of para-hydroxylation sites is 1. The van der Waals surface area contributed by atoms with Gasteiger partial charge in [-0.3, -0.25) is 4.79 Å². The van der Waals surface area contributed by atoms with Crippen LogP contribution >= 0.6 is 11.6 Å². The second kappa shape index (κ2) is 4.78. The SMILES string of the molecule is O=c1nc2ccccc2cnc1-c1ccccc1Cl. The molecule has 0 atom stereocenters. The van der Waals surface area contributed by atoms with Crippen molar-refractivity contribution in [3.63, 3.8) is 0 Å². The maximum absolute atomic E-state index is 12.2. The van der Waals surface area contributed by atoms with Crippen molar-refractivity contribution in [1.82, 2.24) is 9.97 Å². The minimum absolute atomic E-state index is 0.266. The molecule has 0 aliphatic carbocycles. The molecule has 0 N–H and O–H groups in total. The Bertz CT molecular complexity index is 818. The molecule has 19 heavy (non-hydrogen) atoms. The number of aromatic nitrogens is 2. The first-order valence-corrected chi connectivity index (χ1v) is 6.14. The molecule has 3 rings (SSSR count). The van der Waals surface area contributed by atoms with E-state index in [4.69, 9.17) is 11.6 Å². The highest BCUT2D eigenvalue weighted by Gasteiger charge is 2.08. The molecule has 0 bridgehead atoms. The van der Waals surface area contributed by atoms with Crippen LogP contribution in [-0.2, 0) is 0 Å². The van der Waals surface area contributed by atoms with E-state index in [2.05, 4.69) is 9.97 Å². The van der Waals surface area contributed by atoms with Crippen molar-refractivity contribution in [3.8, 4) is 11.3 Å². The smallest absolute Gasteiger partial charge is 0.265 e. The van der Waals surface area contributed by atoms with E-state index in [0.717, 1.165) is 5.39 Å². The van der Waals surface area contributed by atoms with Crippen molar-refractivity contribution in [2.75, 3.05) is 0 Å². The van der Waals surface area contributed by atoms with Gasteiger partial charge in [-0.2, -0.15) is 0 Å². The lowest BCUT2D eigenvalue weighted by Gasteiger charge is -1.98. The lowest BCUT2D eigenvalue weighted by atomic mass is 10.2. The molecule has 0 aliphatic heterocycles. The molecule has 0 amide bonds. The van der Waals surface area contributed by atoms with Gasteiger partial charge in [-0.1, -0.05) is 48.0 Å². The highest BCUT2D eigenvalue weighted by Crippen LogP contribution is 2.23. The predicted octanol–water partition coefficient (Wildman–Crippen LogP) is 3.31. The van der Waals surface area contributed by atoms with Crippen molar-refractivity contribution >= 4 is 22.5 Å². The van der Waals surface area contributed by atoms with Gasteiger partial charge in [-0.15, -0.1) is 0 Å². The molecule has 0 spiro atoms. The number of hydrogen-bond acceptors (Lipinski definition) is 3. The van der Waals surface area contributed by atoms with Crippen LogP contribution in [-0.4, -0.2) is 9.97 Å². The Hall–Kier alpha value is -2.26. The maximum Gasteiger partial charge on any atom is 0.296 e. The number of hydrogen-bond donors (Lipinski definition) is 0. The molecule has 0 radical (unpaired) electrons. The van der Waals surface area contributed by atoms with E-state index in [-0.39, 0.29) is 11.3 Å². The van der Waals surface area contributed by atoms with Gasteiger partial charge in [0.1, 0.15) is 5.69 Å². The molecule has 4 heteroatoms. The van der Waals surface area contributed by atoms with Gasteiger partial charge in [0.2, 0.25) is 0 Å². The van der Waals surface area contributed by atoms with Crippen molar-refractivity contribution < 1.29 is 0 Å². The maximum atomic E-state index is 12.2. The fraction of sp³-hybridized carbons (Fsp3) is 0. The van der Waals surface area contributed by atoms with E-state index in [1.165, 1.54) is 0 Å². The van der Waals surface area contributed by atoms with Crippen LogP contribution in [0.15, 0.2) is 59.5 Å². The standard InChI is InChI=1S/C15H9ClN2O/c16-12-7-3-2-6-11(12)14-15(19)18-13-8-4-1-5-10(13)9-17-14/h1-9H. The Morgan fingerprint density at radius 2 is 1.68 bits per heavy atom. The van der Waals surface area contributed by atoms with E-state index in [1.54, 1.807) is 24.4 Å². The zero-order valence-corrected chi connectivity index (χ0v) is 10.6. The van der Waals surface area contributed by atoms with Gasteiger partial charge in [0, 0.05) is 17.1 Å². The summed E-state index contributed by atoms with van der Waals surface area (Å²) in [6.45, 7) is 0. The van der Waals surface area contributed by atoms with Gasteiger partial charge >= 0.3 is 0 Å². The second-order valence-corrected chi connectivity index (χ2v) is 4.47. The summed E-state index contributed by atoms with van der Waals surface area (Å²) >= 11 is 6.10. The molecule has 0 saturated carbocycles. The van der Waals surface area contributed by atoms with Gasteiger partial charge in [0.05, 0.1) is 10.5 Å². The number of benzene rings is 2. The molecule has 3 aromatic rings. The van der Waals surface area contributed by atoms with Crippen LogP contribution in [0.2, 0.25) is 5.02 Å². The molecular formula is C15H9ClN2O. The Kier molecular flexibility index (Phi) is 2.97. The zero-order chi connectivity index (χ0) is 13.2. The quantitative estimate of drug-likeness (QED) is 0.680. The Labute approximate surface area is 114 Å². The first-order valence-electron chi connectivity index (χ1n) is 5.77. The van der Waals surface area contributed by atoms with Crippen LogP contribution in [0.5, 0.6) is 0 Å². The van der Waals surface area contributed by atoms with E-state index >= 15 is 0 Å². The van der Waals surface area contributed by atoms with Crippen LogP contribution < -0.4 is 5.56 Å². The summed E-state index contributed by atoms with van der Waals surface area (Å²) in [6.07, 6.45) is 1.64. The minimum Gasteiger partial charge on any atom is -0.265 e. The third kappa shape index (κ3) is 2.20. The first kappa shape index (κ1) is 11.8. The fourth-order valence-electron chi connectivity index (χ4n) is 1.89. The third-order valence-corrected chi connectivity index (χ3v) is 3.15. The second-order valence-electron chi connectivity index (χ2n) is 4.06. The lowest BCUT2D eigenvalue weighted by molar-refractivity contribution is 1.26. The summed E-state index contributed by atoms with van der Waals surface area (Å²) in [5.41, 5.74) is 1.11. The Morgan fingerprint density at radius 3 is 2.53 bits per heavy atom. The topological polar surface area (TPSA) is 42.9 Å². The lowest BCUT2D eigenvalue weighted by Crippen LogP contribution is -2.06. The van der Waals surface area contributed by atoms with Gasteiger partial charge < -0.3 is 0 Å². The highest BCUT2D eigenvalue weighted by atomic mass is 35.5. The summed E-state index contributed by atoms with van der Waals surface area (Å²) < 4.78 is 0. The average Bonchev–Trinajstić information content (AvgIpc) is 2.58. The molecule has 1 aromatic heterocycles. The summed E-state index contributed by atoms with van der Waals surface area (Å²) in [5.74, 6) is 0. The van der Waals surface area contributed by atoms with E-state index in [0.29, 0.717) is 16.1 Å². The van der Waals surface area contributed by atoms with Crippen LogP contribution in [0, 0.1) is 0 Å². The van der Waals surface area contributed by atoms with Crippen LogP contribution in [0.4, 0.5) is 0 Å². The molecule has 0 aliphatic rings.